The Morgan fingerprint density at radius 1 is 1.12 bits per heavy atom. The van der Waals surface area contributed by atoms with Crippen molar-refractivity contribution in [2.75, 3.05) is 24.8 Å². The van der Waals surface area contributed by atoms with E-state index in [-0.39, 0.29) is 5.75 Å². The van der Waals surface area contributed by atoms with Gasteiger partial charge in [-0.15, -0.1) is 0 Å². The largest absolute Gasteiger partial charge is 0.491 e. The molecule has 0 fully saturated rings. The van der Waals surface area contributed by atoms with Gasteiger partial charge in [-0.3, -0.25) is 0 Å². The van der Waals surface area contributed by atoms with Crippen LogP contribution >= 0.6 is 0 Å². The molecule has 0 saturated carbocycles. The number of methoxy groups -OCH3 is 1. The number of pyridine rings is 1. The highest BCUT2D eigenvalue weighted by molar-refractivity contribution is 5.97. The van der Waals surface area contributed by atoms with Gasteiger partial charge in [0.25, 0.3) is 0 Å². The van der Waals surface area contributed by atoms with E-state index in [2.05, 4.69) is 15.3 Å². The third-order valence-electron chi connectivity index (χ3n) is 6.98. The number of benzene rings is 3. The molecule has 0 spiro atoms. The molecule has 8 nitrogen and oxygen atoms in total. The number of ether oxygens (including phenoxy) is 2. The second-order valence-corrected chi connectivity index (χ2v) is 9.70. The smallest absolute Gasteiger partial charge is 0.338 e. The van der Waals surface area contributed by atoms with Crippen molar-refractivity contribution in [3.05, 3.63) is 101 Å². The lowest BCUT2D eigenvalue weighted by Gasteiger charge is -2.22. The average molecular weight is 554 g/mol. The molecule has 0 aliphatic heterocycles. The molecule has 0 bridgehead atoms. The number of hydrogen-bond donors (Lipinski definition) is 3. The maximum atomic E-state index is 16.0. The summed E-state index contributed by atoms with van der Waals surface area (Å²) >= 11 is 0. The second-order valence-electron chi connectivity index (χ2n) is 9.70. The maximum Gasteiger partial charge on any atom is 0.338 e. The number of nitrogens with zero attached hydrogens (tertiary/aromatic N) is 2. The van der Waals surface area contributed by atoms with Crippen molar-refractivity contribution < 1.29 is 18.7 Å². The molecule has 0 aliphatic rings. The lowest BCUT2D eigenvalue weighted by Crippen LogP contribution is -2.17. The molecule has 2 heterocycles. The number of hydrogen-bond acceptors (Lipinski definition) is 7. The third kappa shape index (κ3) is 5.56. The van der Waals surface area contributed by atoms with Gasteiger partial charge in [-0.2, -0.15) is 0 Å². The van der Waals surface area contributed by atoms with E-state index in [4.69, 9.17) is 20.2 Å². The number of aromatic nitrogens is 3. The Labute approximate surface area is 237 Å². The first kappa shape index (κ1) is 27.6. The number of halogens is 1. The number of H-pyrrole nitrogens is 1. The summed E-state index contributed by atoms with van der Waals surface area (Å²) in [7, 11) is 1.34. The molecular formula is C32H32FN5O3. The Morgan fingerprint density at radius 3 is 2.71 bits per heavy atom. The van der Waals surface area contributed by atoms with Crippen LogP contribution in [0.2, 0.25) is 0 Å². The molecule has 0 radical (unpaired) electrons. The van der Waals surface area contributed by atoms with Crippen molar-refractivity contribution >= 4 is 28.2 Å². The van der Waals surface area contributed by atoms with Crippen LogP contribution in [0.3, 0.4) is 0 Å². The number of carbonyl (C=O) groups excluding carboxylic acids is 1. The van der Waals surface area contributed by atoms with E-state index >= 15 is 4.39 Å². The van der Waals surface area contributed by atoms with E-state index in [0.29, 0.717) is 47.1 Å². The Kier molecular flexibility index (Phi) is 7.87. The number of imidazole rings is 1. The number of esters is 1. The lowest BCUT2D eigenvalue weighted by molar-refractivity contribution is 0.0601. The van der Waals surface area contributed by atoms with Crippen molar-refractivity contribution in [3.63, 3.8) is 0 Å². The highest BCUT2D eigenvalue weighted by Gasteiger charge is 2.26. The second kappa shape index (κ2) is 11.7. The summed E-state index contributed by atoms with van der Waals surface area (Å²) in [4.78, 5) is 24.8. The highest BCUT2D eigenvalue weighted by atomic mass is 19.1. The summed E-state index contributed by atoms with van der Waals surface area (Å²) in [6.07, 6.45) is 4.05. The van der Waals surface area contributed by atoms with Crippen LogP contribution in [0.5, 0.6) is 5.75 Å². The molecule has 4 N–H and O–H groups in total. The minimum Gasteiger partial charge on any atom is -0.491 e. The van der Waals surface area contributed by atoms with Crippen LogP contribution in [-0.4, -0.2) is 34.6 Å². The first-order chi connectivity index (χ1) is 19.8. The van der Waals surface area contributed by atoms with Gasteiger partial charge in [0.2, 0.25) is 0 Å². The molecule has 5 aromatic rings. The van der Waals surface area contributed by atoms with Gasteiger partial charge in [0.05, 0.1) is 25.0 Å². The first-order valence-electron chi connectivity index (χ1n) is 13.4. The van der Waals surface area contributed by atoms with E-state index in [1.807, 2.05) is 63.2 Å². The van der Waals surface area contributed by atoms with Crippen LogP contribution < -0.4 is 15.8 Å². The van der Waals surface area contributed by atoms with Gasteiger partial charge in [-0.1, -0.05) is 24.6 Å². The van der Waals surface area contributed by atoms with Crippen molar-refractivity contribution in [3.8, 4) is 17.0 Å². The van der Waals surface area contributed by atoms with Crippen LogP contribution in [0.25, 0.3) is 22.0 Å². The number of anilines is 2. The number of aryl methyl sites for hydroxylation is 2. The topological polar surface area (TPSA) is 115 Å². The highest BCUT2D eigenvalue weighted by Crippen LogP contribution is 2.35. The van der Waals surface area contributed by atoms with Crippen molar-refractivity contribution in [2.45, 2.75) is 33.2 Å². The number of aromatic amines is 1. The molecule has 2 aromatic heterocycles. The van der Waals surface area contributed by atoms with E-state index < -0.39 is 17.8 Å². The third-order valence-corrected chi connectivity index (χ3v) is 6.98. The maximum absolute atomic E-state index is 16.0. The van der Waals surface area contributed by atoms with Crippen molar-refractivity contribution in [1.29, 1.82) is 0 Å². The fourth-order valence-electron chi connectivity index (χ4n) is 4.89. The Bertz CT molecular complexity index is 1730. The Hall–Kier alpha value is -4.92. The monoisotopic (exact) mass is 553 g/mol. The number of nitrogen functional groups attached to an aromatic ring is 1. The predicted octanol–water partition coefficient (Wildman–Crippen LogP) is 6.60. The Morgan fingerprint density at radius 2 is 1.95 bits per heavy atom. The fraction of sp³-hybridized carbons (Fsp3) is 0.219. The van der Waals surface area contributed by atoms with Gasteiger partial charge in [0, 0.05) is 34.6 Å². The zero-order valence-electron chi connectivity index (χ0n) is 23.4. The standard InChI is InChI=1S/C32H32FN5O3/c1-5-19-14-25(28(33)27(15-19)41-6-2)29(37-21-8-10-22-20(16-21)11-12-35-30(22)34)31-36-17-26(38-31)24-13-18(3)7-9-23(24)32(39)40-4/h7-17,29,37H,5-6H2,1-4H3,(H2,34,35)(H,36,38). The SMILES string of the molecule is CCOc1cc(CC)cc(C(Nc2ccc3c(N)nccc3c2)c2nc(-c3cc(C)ccc3C(=O)OC)c[nH]2)c1F. The van der Waals surface area contributed by atoms with Crippen LogP contribution in [0.1, 0.15) is 52.8 Å². The van der Waals surface area contributed by atoms with Gasteiger partial charge < -0.3 is 25.5 Å². The molecule has 5 rings (SSSR count). The first-order valence-corrected chi connectivity index (χ1v) is 13.4. The molecule has 1 unspecified atom stereocenters. The molecular weight excluding hydrogens is 521 g/mol. The zero-order valence-corrected chi connectivity index (χ0v) is 23.4. The van der Waals surface area contributed by atoms with Crippen LogP contribution in [-0.2, 0) is 11.2 Å². The van der Waals surface area contributed by atoms with Crippen LogP contribution in [0, 0.1) is 12.7 Å². The molecule has 3 aromatic carbocycles. The summed E-state index contributed by atoms with van der Waals surface area (Å²) in [6, 6.07) is 15.8. The number of carbonyl (C=O) groups is 1. The van der Waals surface area contributed by atoms with Gasteiger partial charge in [0.1, 0.15) is 17.7 Å². The van der Waals surface area contributed by atoms with E-state index in [1.54, 1.807) is 24.5 Å². The van der Waals surface area contributed by atoms with Crippen molar-refractivity contribution in [2.24, 2.45) is 0 Å². The molecule has 41 heavy (non-hydrogen) atoms. The molecule has 9 heteroatoms. The van der Waals surface area contributed by atoms with Gasteiger partial charge in [-0.25, -0.2) is 19.2 Å². The quantitative estimate of drug-likeness (QED) is 0.176. The molecule has 0 amide bonds. The van der Waals surface area contributed by atoms with Crippen LogP contribution in [0.15, 0.2) is 67.0 Å². The molecule has 210 valence electrons. The summed E-state index contributed by atoms with van der Waals surface area (Å²) in [6.45, 7) is 6.10. The average Bonchev–Trinajstić information content (AvgIpc) is 3.47. The number of rotatable bonds is 9. The minimum absolute atomic E-state index is 0.185. The summed E-state index contributed by atoms with van der Waals surface area (Å²) in [5, 5.41) is 5.18. The fourth-order valence-corrected chi connectivity index (χ4v) is 4.89. The van der Waals surface area contributed by atoms with Gasteiger partial charge in [0.15, 0.2) is 11.6 Å². The van der Waals surface area contributed by atoms with Gasteiger partial charge >= 0.3 is 5.97 Å². The van der Waals surface area contributed by atoms with E-state index in [9.17, 15) is 4.79 Å². The summed E-state index contributed by atoms with van der Waals surface area (Å²) in [5.74, 6) is 0.140. The summed E-state index contributed by atoms with van der Waals surface area (Å²) < 4.78 is 26.7. The van der Waals surface area contributed by atoms with Gasteiger partial charge in [-0.05, 0) is 73.7 Å². The number of nitrogens with one attached hydrogen (secondary N) is 2. The molecule has 0 saturated heterocycles. The molecule has 0 aliphatic carbocycles. The van der Waals surface area contributed by atoms with E-state index in [0.717, 1.165) is 27.6 Å². The zero-order chi connectivity index (χ0) is 29.1. The van der Waals surface area contributed by atoms with Crippen LogP contribution in [0.4, 0.5) is 15.9 Å². The van der Waals surface area contributed by atoms with E-state index in [1.165, 1.54) is 7.11 Å². The number of fused-ring (bicyclic) bond motifs is 1. The lowest BCUT2D eigenvalue weighted by atomic mass is 9.99. The molecule has 1 atom stereocenters. The van der Waals surface area contributed by atoms with Crippen molar-refractivity contribution in [1.82, 2.24) is 15.0 Å². The predicted molar refractivity (Wildman–Crippen MR) is 159 cm³/mol. The number of nitrogens with two attached hydrogens (primary N) is 1. The summed E-state index contributed by atoms with van der Waals surface area (Å²) in [5.41, 5.74) is 10.6. The minimum atomic E-state index is -0.725. The normalized spacial score (nSPS) is 11.8. The Balaban J connectivity index is 1.65.